The Kier molecular flexibility index (Phi) is 4.08. The van der Waals surface area contributed by atoms with E-state index in [-0.39, 0.29) is 0 Å². The van der Waals surface area contributed by atoms with Crippen molar-refractivity contribution in [3.05, 3.63) is 51.8 Å². The van der Waals surface area contributed by atoms with Gasteiger partial charge in [-0.3, -0.25) is 4.98 Å². The SMILES string of the molecule is COC(=O)c1cnc(C)cc1-c1cc(Cl)ccc1Cl. The molecule has 98 valence electrons. The number of ether oxygens (including phenoxy) is 1. The van der Waals surface area contributed by atoms with E-state index < -0.39 is 5.97 Å². The van der Waals surface area contributed by atoms with Crippen molar-refractivity contribution in [2.75, 3.05) is 7.11 Å². The van der Waals surface area contributed by atoms with Crippen LogP contribution >= 0.6 is 23.2 Å². The highest BCUT2D eigenvalue weighted by molar-refractivity contribution is 6.35. The average Bonchev–Trinajstić information content (AvgIpc) is 2.40. The summed E-state index contributed by atoms with van der Waals surface area (Å²) in [6.45, 7) is 1.84. The van der Waals surface area contributed by atoms with E-state index in [0.29, 0.717) is 26.7 Å². The van der Waals surface area contributed by atoms with Gasteiger partial charge in [0, 0.05) is 33.1 Å². The zero-order valence-electron chi connectivity index (χ0n) is 10.4. The predicted octanol–water partition coefficient (Wildman–Crippen LogP) is 4.15. The molecule has 0 fully saturated rings. The largest absolute Gasteiger partial charge is 0.465 e. The summed E-state index contributed by atoms with van der Waals surface area (Å²) >= 11 is 12.2. The minimum atomic E-state index is -0.460. The van der Waals surface area contributed by atoms with E-state index in [9.17, 15) is 4.79 Å². The maximum absolute atomic E-state index is 11.8. The summed E-state index contributed by atoms with van der Waals surface area (Å²) in [6.07, 6.45) is 1.48. The van der Waals surface area contributed by atoms with Crippen molar-refractivity contribution < 1.29 is 9.53 Å². The number of nitrogens with zero attached hydrogens (tertiary/aromatic N) is 1. The van der Waals surface area contributed by atoms with Crippen LogP contribution in [0.3, 0.4) is 0 Å². The molecule has 3 nitrogen and oxygen atoms in total. The number of rotatable bonds is 2. The molecule has 0 aliphatic carbocycles. The number of hydrogen-bond donors (Lipinski definition) is 0. The number of hydrogen-bond acceptors (Lipinski definition) is 3. The third kappa shape index (κ3) is 2.88. The number of pyridine rings is 1. The lowest BCUT2D eigenvalue weighted by molar-refractivity contribution is 0.0601. The van der Waals surface area contributed by atoms with Crippen LogP contribution in [0.5, 0.6) is 0 Å². The van der Waals surface area contributed by atoms with Gasteiger partial charge in [0.05, 0.1) is 12.7 Å². The zero-order chi connectivity index (χ0) is 14.0. The molecule has 0 amide bonds. The Balaban J connectivity index is 2.69. The maximum atomic E-state index is 11.8. The van der Waals surface area contributed by atoms with Gasteiger partial charge >= 0.3 is 5.97 Å². The molecule has 1 aromatic heterocycles. The summed E-state index contributed by atoms with van der Waals surface area (Å²) in [5, 5.41) is 1.06. The molecule has 2 aromatic rings. The van der Waals surface area contributed by atoms with Gasteiger partial charge in [0.2, 0.25) is 0 Å². The minimum absolute atomic E-state index is 0.359. The lowest BCUT2D eigenvalue weighted by atomic mass is 10.0. The number of halogens is 2. The van der Waals surface area contributed by atoms with Gasteiger partial charge in [-0.1, -0.05) is 23.2 Å². The molecular formula is C14H11Cl2NO2. The van der Waals surface area contributed by atoms with Gasteiger partial charge in [-0.2, -0.15) is 0 Å². The fourth-order valence-electron chi connectivity index (χ4n) is 1.76. The number of methoxy groups -OCH3 is 1. The third-order valence-corrected chi connectivity index (χ3v) is 3.23. The van der Waals surface area contributed by atoms with Crippen LogP contribution in [0, 0.1) is 6.92 Å². The number of aryl methyl sites for hydroxylation is 1. The van der Waals surface area contributed by atoms with E-state index in [1.54, 1.807) is 24.3 Å². The lowest BCUT2D eigenvalue weighted by Gasteiger charge is -2.10. The van der Waals surface area contributed by atoms with Crippen molar-refractivity contribution in [2.24, 2.45) is 0 Å². The number of carbonyl (C=O) groups excluding carboxylic acids is 1. The number of esters is 1. The highest BCUT2D eigenvalue weighted by Crippen LogP contribution is 2.33. The van der Waals surface area contributed by atoms with E-state index in [1.807, 2.05) is 6.92 Å². The van der Waals surface area contributed by atoms with Gasteiger partial charge in [0.25, 0.3) is 0 Å². The van der Waals surface area contributed by atoms with Gasteiger partial charge < -0.3 is 4.74 Å². The van der Waals surface area contributed by atoms with Crippen LogP contribution in [-0.4, -0.2) is 18.1 Å². The number of aromatic nitrogens is 1. The quantitative estimate of drug-likeness (QED) is 0.781. The van der Waals surface area contributed by atoms with Crippen LogP contribution < -0.4 is 0 Å². The second kappa shape index (κ2) is 5.59. The fourth-order valence-corrected chi connectivity index (χ4v) is 2.15. The first-order valence-corrected chi connectivity index (χ1v) is 6.29. The van der Waals surface area contributed by atoms with Crippen molar-refractivity contribution in [3.8, 4) is 11.1 Å². The Morgan fingerprint density at radius 2 is 1.95 bits per heavy atom. The first kappa shape index (κ1) is 13.8. The molecule has 0 saturated carbocycles. The van der Waals surface area contributed by atoms with Gasteiger partial charge in [0.15, 0.2) is 0 Å². The van der Waals surface area contributed by atoms with Crippen molar-refractivity contribution in [1.82, 2.24) is 4.98 Å². The van der Waals surface area contributed by atoms with Crippen molar-refractivity contribution in [1.29, 1.82) is 0 Å². The van der Waals surface area contributed by atoms with Crippen LogP contribution in [0.15, 0.2) is 30.5 Å². The van der Waals surface area contributed by atoms with Crippen molar-refractivity contribution in [2.45, 2.75) is 6.92 Å². The highest BCUT2D eigenvalue weighted by atomic mass is 35.5. The summed E-state index contributed by atoms with van der Waals surface area (Å²) < 4.78 is 4.75. The zero-order valence-corrected chi connectivity index (χ0v) is 11.9. The summed E-state index contributed by atoms with van der Waals surface area (Å²) in [5.74, 6) is -0.460. The van der Waals surface area contributed by atoms with Gasteiger partial charge in [0.1, 0.15) is 0 Å². The Labute approximate surface area is 121 Å². The molecule has 0 N–H and O–H groups in total. The first-order valence-electron chi connectivity index (χ1n) is 5.53. The molecule has 0 saturated heterocycles. The summed E-state index contributed by atoms with van der Waals surface area (Å²) in [4.78, 5) is 15.9. The molecular weight excluding hydrogens is 285 g/mol. The molecule has 5 heteroatoms. The lowest BCUT2D eigenvalue weighted by Crippen LogP contribution is -2.05. The minimum Gasteiger partial charge on any atom is -0.465 e. The van der Waals surface area contributed by atoms with Gasteiger partial charge in [-0.25, -0.2) is 4.79 Å². The molecule has 1 heterocycles. The third-order valence-electron chi connectivity index (χ3n) is 2.66. The topological polar surface area (TPSA) is 39.2 Å². The second-order valence-electron chi connectivity index (χ2n) is 3.99. The van der Waals surface area contributed by atoms with Gasteiger partial charge in [-0.15, -0.1) is 0 Å². The first-order chi connectivity index (χ1) is 9.02. The number of benzene rings is 1. The Morgan fingerprint density at radius 1 is 1.21 bits per heavy atom. The summed E-state index contributed by atoms with van der Waals surface area (Å²) in [7, 11) is 1.32. The van der Waals surface area contributed by atoms with E-state index in [4.69, 9.17) is 27.9 Å². The number of carbonyl (C=O) groups is 1. The summed E-state index contributed by atoms with van der Waals surface area (Å²) in [5.41, 5.74) is 2.47. The van der Waals surface area contributed by atoms with Crippen LogP contribution in [-0.2, 0) is 4.74 Å². The van der Waals surface area contributed by atoms with Crippen molar-refractivity contribution in [3.63, 3.8) is 0 Å². The van der Waals surface area contributed by atoms with Crippen LogP contribution in [0.25, 0.3) is 11.1 Å². The van der Waals surface area contributed by atoms with Crippen LogP contribution in [0.2, 0.25) is 10.0 Å². The summed E-state index contributed by atoms with van der Waals surface area (Å²) in [6, 6.07) is 6.88. The molecule has 2 rings (SSSR count). The molecule has 0 unspecified atom stereocenters. The van der Waals surface area contributed by atoms with E-state index in [1.165, 1.54) is 13.3 Å². The standard InChI is InChI=1S/C14H11Cl2NO2/c1-8-5-10(12(7-17-8)14(18)19-2)11-6-9(15)3-4-13(11)16/h3-7H,1-2H3. The van der Waals surface area contributed by atoms with Crippen LogP contribution in [0.4, 0.5) is 0 Å². The van der Waals surface area contributed by atoms with E-state index in [2.05, 4.69) is 4.98 Å². The Hall–Kier alpha value is -1.58. The average molecular weight is 296 g/mol. The molecule has 0 aliphatic heterocycles. The van der Waals surface area contributed by atoms with Gasteiger partial charge in [-0.05, 0) is 31.2 Å². The smallest absolute Gasteiger partial charge is 0.340 e. The molecule has 1 aromatic carbocycles. The molecule has 0 aliphatic rings. The molecule has 0 spiro atoms. The maximum Gasteiger partial charge on any atom is 0.340 e. The van der Waals surface area contributed by atoms with E-state index >= 15 is 0 Å². The highest BCUT2D eigenvalue weighted by Gasteiger charge is 2.16. The molecule has 0 atom stereocenters. The molecule has 0 radical (unpaired) electrons. The monoisotopic (exact) mass is 295 g/mol. The fraction of sp³-hybridized carbons (Fsp3) is 0.143. The second-order valence-corrected chi connectivity index (χ2v) is 4.83. The normalized spacial score (nSPS) is 10.3. The molecule has 0 bridgehead atoms. The Morgan fingerprint density at radius 3 is 2.63 bits per heavy atom. The van der Waals surface area contributed by atoms with E-state index in [0.717, 1.165) is 5.69 Å². The molecule has 19 heavy (non-hydrogen) atoms. The Bertz CT molecular complexity index is 641. The predicted molar refractivity (Wildman–Crippen MR) is 75.8 cm³/mol. The van der Waals surface area contributed by atoms with Crippen molar-refractivity contribution >= 4 is 29.2 Å². The van der Waals surface area contributed by atoms with Crippen LogP contribution in [0.1, 0.15) is 16.1 Å².